The number of ether oxygens (including phenoxy) is 1. The van der Waals surface area contributed by atoms with E-state index >= 15 is 0 Å². The molecule has 37 heavy (non-hydrogen) atoms. The van der Waals surface area contributed by atoms with Gasteiger partial charge in [0.25, 0.3) is 5.69 Å². The van der Waals surface area contributed by atoms with Crippen LogP contribution in [-0.4, -0.2) is 59.7 Å². The van der Waals surface area contributed by atoms with Gasteiger partial charge in [-0.1, -0.05) is 13.3 Å². The second-order valence-corrected chi connectivity index (χ2v) is 9.75. The minimum absolute atomic E-state index is 0.0155. The van der Waals surface area contributed by atoms with Gasteiger partial charge in [-0.2, -0.15) is 13.2 Å². The molecule has 1 N–H and O–H groups in total. The van der Waals surface area contributed by atoms with Crippen molar-refractivity contribution in [3.05, 3.63) is 52.2 Å². The van der Waals surface area contributed by atoms with Crippen LogP contribution in [0.2, 0.25) is 0 Å². The van der Waals surface area contributed by atoms with Gasteiger partial charge in [-0.25, -0.2) is 4.98 Å². The summed E-state index contributed by atoms with van der Waals surface area (Å²) < 4.78 is 46.1. The Balaban J connectivity index is 1.28. The van der Waals surface area contributed by atoms with Crippen LogP contribution >= 0.6 is 0 Å². The van der Waals surface area contributed by atoms with E-state index in [0.717, 1.165) is 82.1 Å². The number of aromatic nitrogens is 1. The zero-order chi connectivity index (χ0) is 26.4. The Morgan fingerprint density at radius 1 is 1.11 bits per heavy atom. The van der Waals surface area contributed by atoms with Crippen molar-refractivity contribution >= 4 is 17.2 Å². The summed E-state index contributed by atoms with van der Waals surface area (Å²) in [5, 5.41) is 14.1. The third kappa shape index (κ3) is 7.24. The predicted octanol–water partition coefficient (Wildman–Crippen LogP) is 5.73. The number of unbranched alkanes of at least 4 members (excludes halogenated alkanes) is 1. The maximum atomic E-state index is 13.3. The van der Waals surface area contributed by atoms with Crippen molar-refractivity contribution in [3.8, 4) is 5.75 Å². The van der Waals surface area contributed by atoms with E-state index in [0.29, 0.717) is 0 Å². The van der Waals surface area contributed by atoms with E-state index < -0.39 is 22.4 Å². The molecule has 0 radical (unpaired) electrons. The van der Waals surface area contributed by atoms with E-state index in [4.69, 9.17) is 4.74 Å². The molecule has 11 heteroatoms. The first kappa shape index (κ1) is 27.0. The zero-order valence-electron chi connectivity index (χ0n) is 21.0. The molecule has 2 fully saturated rings. The highest BCUT2D eigenvalue weighted by atomic mass is 19.4. The average molecular weight is 522 g/mol. The Kier molecular flexibility index (Phi) is 8.73. The number of hydrogen-bond acceptors (Lipinski definition) is 7. The summed E-state index contributed by atoms with van der Waals surface area (Å²) in [5.74, 6) is 1.70. The summed E-state index contributed by atoms with van der Waals surface area (Å²) in [6.45, 7) is 7.30. The molecule has 0 bridgehead atoms. The van der Waals surface area contributed by atoms with Crippen molar-refractivity contribution in [1.82, 2.24) is 9.88 Å². The van der Waals surface area contributed by atoms with Crippen LogP contribution in [0.15, 0.2) is 36.5 Å². The first-order valence-electron chi connectivity index (χ1n) is 12.9. The van der Waals surface area contributed by atoms with Crippen LogP contribution in [0.3, 0.4) is 0 Å². The van der Waals surface area contributed by atoms with E-state index in [1.807, 2.05) is 12.1 Å². The van der Waals surface area contributed by atoms with Crippen LogP contribution in [0.5, 0.6) is 5.75 Å². The lowest BCUT2D eigenvalue weighted by Gasteiger charge is -2.35. The van der Waals surface area contributed by atoms with E-state index in [1.165, 1.54) is 18.9 Å². The number of hydrogen-bond donors (Lipinski definition) is 1. The second kappa shape index (κ2) is 12.0. The van der Waals surface area contributed by atoms with E-state index in [2.05, 4.69) is 27.0 Å². The molecular weight excluding hydrogens is 487 g/mol. The predicted molar refractivity (Wildman–Crippen MR) is 136 cm³/mol. The highest BCUT2D eigenvalue weighted by Crippen LogP contribution is 2.38. The summed E-state index contributed by atoms with van der Waals surface area (Å²) >= 11 is 0. The van der Waals surface area contributed by atoms with E-state index in [9.17, 15) is 23.3 Å². The first-order valence-corrected chi connectivity index (χ1v) is 12.9. The van der Waals surface area contributed by atoms with E-state index in [-0.39, 0.29) is 17.8 Å². The number of nitro benzene ring substituents is 1. The molecular formula is C26H34F3N5O3. The maximum absolute atomic E-state index is 13.3. The van der Waals surface area contributed by atoms with Crippen LogP contribution < -0.4 is 15.0 Å². The van der Waals surface area contributed by atoms with Gasteiger partial charge in [0.2, 0.25) is 0 Å². The van der Waals surface area contributed by atoms with Gasteiger partial charge in [-0.15, -0.1) is 0 Å². The maximum Gasteiger partial charge on any atom is 0.423 e. The number of benzene rings is 1. The third-order valence-corrected chi connectivity index (χ3v) is 7.09. The molecule has 2 aliphatic rings. The summed E-state index contributed by atoms with van der Waals surface area (Å²) in [4.78, 5) is 19.3. The lowest BCUT2D eigenvalue weighted by atomic mass is 9.92. The number of rotatable bonds is 9. The van der Waals surface area contributed by atoms with Gasteiger partial charge in [0.05, 0.1) is 11.0 Å². The third-order valence-electron chi connectivity index (χ3n) is 7.09. The second-order valence-electron chi connectivity index (χ2n) is 9.75. The van der Waals surface area contributed by atoms with Gasteiger partial charge in [-0.05, 0) is 56.8 Å². The molecule has 0 spiro atoms. The summed E-state index contributed by atoms with van der Waals surface area (Å²) in [6.07, 6.45) is 2.38. The Morgan fingerprint density at radius 2 is 1.84 bits per heavy atom. The zero-order valence-corrected chi connectivity index (χ0v) is 21.0. The molecule has 1 saturated carbocycles. The molecule has 1 aliphatic heterocycles. The molecule has 1 aromatic heterocycles. The molecule has 202 valence electrons. The number of alkyl halides is 3. The average Bonchev–Trinajstić information content (AvgIpc) is 2.88. The molecule has 4 rings (SSSR count). The molecule has 2 aromatic rings. The number of halogens is 3. The highest BCUT2D eigenvalue weighted by Gasteiger charge is 2.38. The Morgan fingerprint density at radius 3 is 2.49 bits per heavy atom. The summed E-state index contributed by atoms with van der Waals surface area (Å²) in [5.41, 5.74) is -1.95. The number of nitrogens with one attached hydrogen (secondary N) is 1. The fraction of sp³-hybridized carbons (Fsp3) is 0.577. The van der Waals surface area contributed by atoms with Gasteiger partial charge in [0.1, 0.15) is 17.1 Å². The summed E-state index contributed by atoms with van der Waals surface area (Å²) in [6, 6.07) is 6.88. The minimum Gasteiger partial charge on any atom is -0.490 e. The number of nitro groups is 1. The van der Waals surface area contributed by atoms with Crippen molar-refractivity contribution in [3.63, 3.8) is 0 Å². The molecule has 0 unspecified atom stereocenters. The van der Waals surface area contributed by atoms with Crippen LogP contribution in [0.4, 0.5) is 30.4 Å². The van der Waals surface area contributed by atoms with Crippen molar-refractivity contribution in [2.75, 3.05) is 42.9 Å². The quantitative estimate of drug-likeness (QED) is 0.333. The number of pyridine rings is 1. The van der Waals surface area contributed by atoms with Gasteiger partial charge < -0.3 is 15.0 Å². The Bertz CT molecular complexity index is 1050. The van der Waals surface area contributed by atoms with Crippen molar-refractivity contribution in [2.24, 2.45) is 0 Å². The topological polar surface area (TPSA) is 83.8 Å². The fourth-order valence-corrected chi connectivity index (χ4v) is 4.99. The molecule has 1 aliphatic carbocycles. The van der Waals surface area contributed by atoms with E-state index in [1.54, 1.807) is 6.20 Å². The van der Waals surface area contributed by atoms with Crippen molar-refractivity contribution in [2.45, 2.75) is 63.8 Å². The molecule has 8 nitrogen and oxygen atoms in total. The van der Waals surface area contributed by atoms with Gasteiger partial charge in [0, 0.05) is 56.2 Å². The Hall–Kier alpha value is -3.08. The lowest BCUT2D eigenvalue weighted by Crippen LogP contribution is -2.46. The first-order chi connectivity index (χ1) is 17.7. The summed E-state index contributed by atoms with van der Waals surface area (Å²) in [7, 11) is 0. The van der Waals surface area contributed by atoms with Gasteiger partial charge in [-0.3, -0.25) is 15.0 Å². The lowest BCUT2D eigenvalue weighted by molar-refractivity contribution is -0.388. The van der Waals surface area contributed by atoms with Crippen LogP contribution in [0, 0.1) is 10.1 Å². The number of anilines is 2. The van der Waals surface area contributed by atoms with Crippen LogP contribution in [0.1, 0.15) is 51.0 Å². The highest BCUT2D eigenvalue weighted by molar-refractivity contribution is 5.55. The van der Waals surface area contributed by atoms with Crippen molar-refractivity contribution in [1.29, 1.82) is 0 Å². The van der Waals surface area contributed by atoms with Crippen LogP contribution in [0.25, 0.3) is 0 Å². The Labute approximate surface area is 215 Å². The minimum atomic E-state index is -4.79. The van der Waals surface area contributed by atoms with Gasteiger partial charge >= 0.3 is 6.18 Å². The molecule has 0 atom stereocenters. The fourth-order valence-electron chi connectivity index (χ4n) is 4.99. The van der Waals surface area contributed by atoms with Gasteiger partial charge in [0.15, 0.2) is 0 Å². The number of nitrogens with zero attached hydrogens (tertiary/aromatic N) is 4. The van der Waals surface area contributed by atoms with Crippen molar-refractivity contribution < 1.29 is 22.8 Å². The standard InChI is InChI=1S/C26H34F3N5O3/c1-2-3-12-32-13-15-33(16-14-32)25-18-22(10-11-30-25)37-21-7-4-19(5-8-21)31-20-6-9-24(34(35)36)23(17-20)26(27,28)29/h6,9-11,17-19,21,31H,2-5,7-8,12-16H2,1H3. The normalized spacial score (nSPS) is 21.0. The largest absolute Gasteiger partial charge is 0.490 e. The molecule has 1 saturated heterocycles. The monoisotopic (exact) mass is 521 g/mol. The SMILES string of the molecule is CCCCN1CCN(c2cc(OC3CCC(Nc4ccc([N+](=O)[O-])c(C(F)(F)F)c4)CC3)ccn2)CC1. The molecule has 0 amide bonds. The smallest absolute Gasteiger partial charge is 0.423 e. The molecule has 1 aromatic carbocycles. The number of piperazine rings is 1. The van der Waals surface area contributed by atoms with Crippen LogP contribution in [-0.2, 0) is 6.18 Å². The molecule has 2 heterocycles.